The van der Waals surface area contributed by atoms with E-state index in [1.807, 2.05) is 0 Å². The minimum atomic E-state index is -4.05. The maximum Gasteiger partial charge on any atom is 0.264 e. The molecule has 1 atom stereocenters. The first kappa shape index (κ1) is 25.4. The Hall–Kier alpha value is -2.65. The number of rotatable bonds is 6. The highest BCUT2D eigenvalue weighted by atomic mass is 35.5. The molecule has 0 saturated carbocycles. The van der Waals surface area contributed by atoms with Crippen LogP contribution >= 0.6 is 34.8 Å². The molecule has 7 nitrogen and oxygen atoms in total. The summed E-state index contributed by atoms with van der Waals surface area (Å²) in [7, 11) is -4.05. The van der Waals surface area contributed by atoms with Gasteiger partial charge in [-0.05, 0) is 42.0 Å². The number of Topliss-reactive ketones (excluding diaryl/α,β-unsaturated/α-hetero) is 1. The van der Waals surface area contributed by atoms with E-state index in [0.717, 1.165) is 0 Å². The molecule has 2 aromatic carbocycles. The van der Waals surface area contributed by atoms with Crippen LogP contribution in [0.5, 0.6) is 0 Å². The van der Waals surface area contributed by atoms with Gasteiger partial charge in [-0.2, -0.15) is 0 Å². The molecule has 1 unspecified atom stereocenters. The summed E-state index contributed by atoms with van der Waals surface area (Å²) < 4.78 is 28.4. The molecule has 0 bridgehead atoms. The van der Waals surface area contributed by atoms with Crippen LogP contribution in [0.1, 0.15) is 28.5 Å². The van der Waals surface area contributed by atoms with E-state index < -0.39 is 16.1 Å². The minimum absolute atomic E-state index is 0.00313. The van der Waals surface area contributed by atoms with Crippen molar-refractivity contribution in [3.05, 3.63) is 86.6 Å². The van der Waals surface area contributed by atoms with E-state index in [1.54, 1.807) is 36.4 Å². The summed E-state index contributed by atoms with van der Waals surface area (Å²) in [5.41, 5.74) is 1.51. The molecular formula is C24H20Cl3N3O4S. The Bertz CT molecular complexity index is 1410. The van der Waals surface area contributed by atoms with Gasteiger partial charge in [0.25, 0.3) is 10.0 Å². The van der Waals surface area contributed by atoms with Gasteiger partial charge >= 0.3 is 0 Å². The van der Waals surface area contributed by atoms with Crippen LogP contribution in [0.2, 0.25) is 15.1 Å². The van der Waals surface area contributed by atoms with Crippen LogP contribution in [0, 0.1) is 0 Å². The maximum atomic E-state index is 13.6. The molecule has 0 radical (unpaired) electrons. The van der Waals surface area contributed by atoms with E-state index in [1.165, 1.54) is 29.6 Å². The molecule has 1 N–H and O–H groups in total. The van der Waals surface area contributed by atoms with E-state index in [4.69, 9.17) is 34.8 Å². The first-order valence-electron chi connectivity index (χ1n) is 10.6. The summed E-state index contributed by atoms with van der Waals surface area (Å²) >= 11 is 18.4. The lowest BCUT2D eigenvalue weighted by Crippen LogP contribution is -2.50. The molecule has 3 aromatic rings. The van der Waals surface area contributed by atoms with Gasteiger partial charge in [0.15, 0.2) is 5.78 Å². The molecule has 0 saturated heterocycles. The van der Waals surface area contributed by atoms with Crippen LogP contribution in [0.25, 0.3) is 0 Å². The smallest absolute Gasteiger partial charge is 0.264 e. The molecule has 0 spiro atoms. The van der Waals surface area contributed by atoms with E-state index in [2.05, 4.69) is 10.3 Å². The van der Waals surface area contributed by atoms with E-state index in [0.29, 0.717) is 23.4 Å². The molecule has 0 fully saturated rings. The van der Waals surface area contributed by atoms with Gasteiger partial charge in [-0.15, -0.1) is 0 Å². The number of pyridine rings is 1. The van der Waals surface area contributed by atoms with Crippen LogP contribution < -0.4 is 9.62 Å². The quantitative estimate of drug-likeness (QED) is 0.446. The monoisotopic (exact) mass is 551 g/mol. The number of carbonyl (C=O) groups is 2. The van der Waals surface area contributed by atoms with Crippen molar-refractivity contribution in [2.75, 3.05) is 10.8 Å². The van der Waals surface area contributed by atoms with Gasteiger partial charge in [0.1, 0.15) is 0 Å². The summed E-state index contributed by atoms with van der Waals surface area (Å²) in [6.45, 7) is 1.37. The summed E-state index contributed by atoms with van der Waals surface area (Å²) in [6.07, 6.45) is 1.77. The number of aromatic nitrogens is 1. The van der Waals surface area contributed by atoms with Crippen LogP contribution in [-0.2, 0) is 27.7 Å². The zero-order valence-electron chi connectivity index (χ0n) is 18.5. The number of carbonyl (C=O) groups excluding carboxylic acids is 2. The van der Waals surface area contributed by atoms with Crippen molar-refractivity contribution in [2.24, 2.45) is 0 Å². The third-order valence-corrected chi connectivity index (χ3v) is 8.14. The number of amides is 1. The molecule has 35 heavy (non-hydrogen) atoms. The van der Waals surface area contributed by atoms with E-state index >= 15 is 0 Å². The first-order chi connectivity index (χ1) is 16.6. The van der Waals surface area contributed by atoms with Crippen molar-refractivity contribution in [2.45, 2.75) is 30.7 Å². The number of hydrogen-bond acceptors (Lipinski definition) is 5. The first-order valence-corrected chi connectivity index (χ1v) is 13.1. The second-order valence-electron chi connectivity index (χ2n) is 8.10. The normalized spacial score (nSPS) is 15.4. The highest BCUT2D eigenvalue weighted by molar-refractivity contribution is 7.92. The minimum Gasteiger partial charge on any atom is -0.351 e. The lowest BCUT2D eigenvalue weighted by atomic mass is 10.00. The highest BCUT2D eigenvalue weighted by Crippen LogP contribution is 2.33. The zero-order chi connectivity index (χ0) is 25.3. The number of hydrogen-bond donors (Lipinski definition) is 1. The Morgan fingerprint density at radius 1 is 1.09 bits per heavy atom. The van der Waals surface area contributed by atoms with Crippen molar-refractivity contribution in [1.82, 2.24) is 10.3 Å². The number of nitrogens with zero attached hydrogens (tertiary/aromatic N) is 2. The fraction of sp³-hybridized carbons (Fsp3) is 0.208. The molecule has 4 rings (SSSR count). The SMILES string of the molecule is CC(=O)NC1Cc2ncc(CC(=O)c3c(Cl)cccc3Cl)cc2N(S(=O)(=O)c2cccc(Cl)c2)C1. The third kappa shape index (κ3) is 5.46. The topological polar surface area (TPSA) is 96.4 Å². The fourth-order valence-electron chi connectivity index (χ4n) is 3.99. The van der Waals surface area contributed by atoms with Gasteiger partial charge in [-0.1, -0.05) is 46.9 Å². The van der Waals surface area contributed by atoms with Gasteiger partial charge in [0, 0.05) is 31.0 Å². The summed E-state index contributed by atoms with van der Waals surface area (Å²) in [4.78, 5) is 29.1. The van der Waals surface area contributed by atoms with Crippen molar-refractivity contribution in [3.63, 3.8) is 0 Å². The van der Waals surface area contributed by atoms with Gasteiger partial charge in [0.05, 0.1) is 44.5 Å². The molecule has 11 heteroatoms. The second-order valence-corrected chi connectivity index (χ2v) is 11.2. The molecule has 0 aliphatic carbocycles. The third-order valence-electron chi connectivity index (χ3n) is 5.50. The van der Waals surface area contributed by atoms with Crippen molar-refractivity contribution >= 4 is 62.2 Å². The van der Waals surface area contributed by atoms with Gasteiger partial charge in [0.2, 0.25) is 5.91 Å². The zero-order valence-corrected chi connectivity index (χ0v) is 21.5. The predicted octanol–water partition coefficient (Wildman–Crippen LogP) is 4.72. The Morgan fingerprint density at radius 2 is 1.77 bits per heavy atom. The predicted molar refractivity (Wildman–Crippen MR) is 136 cm³/mol. The van der Waals surface area contributed by atoms with E-state index in [-0.39, 0.29) is 50.2 Å². The van der Waals surface area contributed by atoms with Crippen LogP contribution in [0.3, 0.4) is 0 Å². The Labute approximate surface area is 218 Å². The molecule has 1 aromatic heterocycles. The van der Waals surface area contributed by atoms with Crippen LogP contribution in [0.15, 0.2) is 59.6 Å². The van der Waals surface area contributed by atoms with Gasteiger partial charge < -0.3 is 5.32 Å². The van der Waals surface area contributed by atoms with Crippen molar-refractivity contribution in [3.8, 4) is 0 Å². The summed E-state index contributed by atoms with van der Waals surface area (Å²) in [5, 5.41) is 3.51. The Balaban J connectivity index is 1.74. The molecule has 1 aliphatic rings. The maximum absolute atomic E-state index is 13.6. The summed E-state index contributed by atoms with van der Waals surface area (Å²) in [5.74, 6) is -0.601. The number of anilines is 1. The molecule has 182 valence electrons. The number of fused-ring (bicyclic) bond motifs is 1. The van der Waals surface area contributed by atoms with Crippen LogP contribution in [0.4, 0.5) is 5.69 Å². The number of nitrogens with one attached hydrogen (secondary N) is 1. The van der Waals surface area contributed by atoms with Crippen molar-refractivity contribution in [1.29, 1.82) is 0 Å². The number of sulfonamides is 1. The Morgan fingerprint density at radius 3 is 2.43 bits per heavy atom. The number of halogens is 3. The molecular weight excluding hydrogens is 533 g/mol. The summed E-state index contributed by atoms with van der Waals surface area (Å²) in [6, 6.07) is 11.9. The molecule has 2 heterocycles. The standard InChI is InChI=1S/C24H20Cl3N3O4S/c1-14(31)29-17-11-21-22(30(13-17)35(33,34)18-5-2-4-16(25)10-18)8-15(12-28-21)9-23(32)24-19(26)6-3-7-20(24)27/h2-8,10,12,17H,9,11,13H2,1H3,(H,29,31). The lowest BCUT2D eigenvalue weighted by Gasteiger charge is -2.35. The van der Waals surface area contributed by atoms with Gasteiger partial charge in [-0.25, -0.2) is 8.42 Å². The Kier molecular flexibility index (Phi) is 7.38. The van der Waals surface area contributed by atoms with Crippen molar-refractivity contribution < 1.29 is 18.0 Å². The van der Waals surface area contributed by atoms with Crippen LogP contribution in [-0.4, -0.2) is 37.7 Å². The second kappa shape index (κ2) is 10.1. The van der Waals surface area contributed by atoms with Gasteiger partial charge in [-0.3, -0.25) is 18.9 Å². The molecule has 1 aliphatic heterocycles. The fourth-order valence-corrected chi connectivity index (χ4v) is 6.43. The average Bonchev–Trinajstić information content (AvgIpc) is 2.78. The number of benzene rings is 2. The van der Waals surface area contributed by atoms with E-state index in [9.17, 15) is 18.0 Å². The highest BCUT2D eigenvalue weighted by Gasteiger charge is 2.35. The lowest BCUT2D eigenvalue weighted by molar-refractivity contribution is -0.119. The molecule has 1 amide bonds. The largest absolute Gasteiger partial charge is 0.351 e. The number of ketones is 1. The average molecular weight is 553 g/mol.